The maximum Gasteiger partial charge on any atom is 0.119 e. The summed E-state index contributed by atoms with van der Waals surface area (Å²) < 4.78 is 11.4. The number of nitrogens with one attached hydrogen (secondary N) is 1. The molecule has 3 atom stereocenters. The van der Waals surface area contributed by atoms with Gasteiger partial charge in [-0.3, -0.25) is 0 Å². The van der Waals surface area contributed by atoms with Gasteiger partial charge in [-0.1, -0.05) is 32.9 Å². The van der Waals surface area contributed by atoms with Crippen molar-refractivity contribution >= 4 is 0 Å². The van der Waals surface area contributed by atoms with Gasteiger partial charge < -0.3 is 14.8 Å². The van der Waals surface area contributed by atoms with Gasteiger partial charge in [0, 0.05) is 11.5 Å². The predicted octanol–water partition coefficient (Wildman–Crippen LogP) is 3.77. The maximum absolute atomic E-state index is 6.18. The molecule has 1 aromatic rings. The van der Waals surface area contributed by atoms with Gasteiger partial charge in [-0.15, -0.1) is 0 Å². The molecule has 1 N–H and O–H groups in total. The molecular formula is C18H29NO2. The van der Waals surface area contributed by atoms with E-state index >= 15 is 0 Å². The van der Waals surface area contributed by atoms with E-state index in [1.54, 1.807) is 7.11 Å². The second kappa shape index (κ2) is 7.28. The van der Waals surface area contributed by atoms with Crippen LogP contribution in [0.1, 0.15) is 45.6 Å². The first-order valence-electron chi connectivity index (χ1n) is 8.12. The molecule has 3 unspecified atom stereocenters. The zero-order valence-corrected chi connectivity index (χ0v) is 13.8. The molecule has 0 saturated heterocycles. The van der Waals surface area contributed by atoms with Crippen LogP contribution in [-0.2, 0) is 11.3 Å². The van der Waals surface area contributed by atoms with Crippen molar-refractivity contribution in [1.29, 1.82) is 0 Å². The summed E-state index contributed by atoms with van der Waals surface area (Å²) in [7, 11) is 1.70. The molecule has 1 aromatic carbocycles. The Morgan fingerprint density at radius 2 is 2.14 bits per heavy atom. The number of hydrogen-bond donors (Lipinski definition) is 1. The van der Waals surface area contributed by atoms with E-state index in [-0.39, 0.29) is 5.41 Å². The molecule has 1 aliphatic rings. The number of ether oxygens (including phenoxy) is 2. The Balaban J connectivity index is 1.88. The van der Waals surface area contributed by atoms with Gasteiger partial charge in [0.05, 0.1) is 19.8 Å². The summed E-state index contributed by atoms with van der Waals surface area (Å²) in [6.45, 7) is 8.59. The zero-order valence-electron chi connectivity index (χ0n) is 13.8. The van der Waals surface area contributed by atoms with Crippen LogP contribution in [0.3, 0.4) is 0 Å². The summed E-state index contributed by atoms with van der Waals surface area (Å²) in [5, 5.41) is 3.66. The molecule has 0 heterocycles. The highest BCUT2D eigenvalue weighted by atomic mass is 16.5. The summed E-state index contributed by atoms with van der Waals surface area (Å²) in [6.07, 6.45) is 3.81. The Morgan fingerprint density at radius 1 is 1.33 bits per heavy atom. The molecule has 0 radical (unpaired) electrons. The molecule has 118 valence electrons. The SMILES string of the molecule is CCCNC1CC(OCc2cccc(OC)c2)C1(C)CC. The standard InChI is InChI=1S/C18H29NO2/c1-5-10-19-16-12-17(18(16,3)6-2)21-13-14-8-7-9-15(11-14)20-4/h7-9,11,16-17,19H,5-6,10,12-13H2,1-4H3. The van der Waals surface area contributed by atoms with Gasteiger partial charge in [-0.05, 0) is 43.5 Å². The average Bonchev–Trinajstić information content (AvgIpc) is 2.52. The third-order valence-corrected chi connectivity index (χ3v) is 4.97. The van der Waals surface area contributed by atoms with Crippen LogP contribution in [0.15, 0.2) is 24.3 Å². The smallest absolute Gasteiger partial charge is 0.119 e. The van der Waals surface area contributed by atoms with E-state index in [1.807, 2.05) is 12.1 Å². The Kier molecular flexibility index (Phi) is 5.65. The Bertz CT molecular complexity index is 449. The van der Waals surface area contributed by atoms with Crippen molar-refractivity contribution in [3.8, 4) is 5.75 Å². The van der Waals surface area contributed by atoms with E-state index in [1.165, 1.54) is 12.0 Å². The molecule has 0 aliphatic heterocycles. The predicted molar refractivity (Wildman–Crippen MR) is 86.7 cm³/mol. The first kappa shape index (κ1) is 16.3. The fourth-order valence-corrected chi connectivity index (χ4v) is 3.14. The number of hydrogen-bond acceptors (Lipinski definition) is 3. The van der Waals surface area contributed by atoms with Crippen LogP contribution in [0.5, 0.6) is 5.75 Å². The van der Waals surface area contributed by atoms with Gasteiger partial charge >= 0.3 is 0 Å². The minimum absolute atomic E-state index is 0.258. The third-order valence-electron chi connectivity index (χ3n) is 4.97. The Hall–Kier alpha value is -1.06. The maximum atomic E-state index is 6.18. The molecule has 3 nitrogen and oxygen atoms in total. The summed E-state index contributed by atoms with van der Waals surface area (Å²) >= 11 is 0. The number of benzene rings is 1. The van der Waals surface area contributed by atoms with Gasteiger partial charge in [0.2, 0.25) is 0 Å². The van der Waals surface area contributed by atoms with Gasteiger partial charge in [0.25, 0.3) is 0 Å². The van der Waals surface area contributed by atoms with Crippen molar-refractivity contribution in [2.24, 2.45) is 5.41 Å². The van der Waals surface area contributed by atoms with Crippen molar-refractivity contribution in [2.75, 3.05) is 13.7 Å². The number of methoxy groups -OCH3 is 1. The molecular weight excluding hydrogens is 262 g/mol. The molecule has 0 aromatic heterocycles. The van der Waals surface area contributed by atoms with Crippen molar-refractivity contribution in [3.05, 3.63) is 29.8 Å². The molecule has 0 bridgehead atoms. The lowest BCUT2D eigenvalue weighted by atomic mass is 9.61. The highest BCUT2D eigenvalue weighted by Gasteiger charge is 2.50. The van der Waals surface area contributed by atoms with E-state index in [4.69, 9.17) is 9.47 Å². The van der Waals surface area contributed by atoms with Crippen molar-refractivity contribution in [2.45, 2.75) is 58.8 Å². The van der Waals surface area contributed by atoms with Gasteiger partial charge in [0.15, 0.2) is 0 Å². The van der Waals surface area contributed by atoms with Crippen molar-refractivity contribution < 1.29 is 9.47 Å². The first-order chi connectivity index (χ1) is 10.1. The van der Waals surface area contributed by atoms with Crippen LogP contribution < -0.4 is 10.1 Å². The molecule has 0 spiro atoms. The quantitative estimate of drug-likeness (QED) is 0.791. The lowest BCUT2D eigenvalue weighted by Crippen LogP contribution is -2.62. The molecule has 21 heavy (non-hydrogen) atoms. The van der Waals surface area contributed by atoms with Crippen molar-refractivity contribution in [1.82, 2.24) is 5.32 Å². The second-order valence-electron chi connectivity index (χ2n) is 6.25. The highest BCUT2D eigenvalue weighted by Crippen LogP contribution is 2.46. The minimum Gasteiger partial charge on any atom is -0.497 e. The van der Waals surface area contributed by atoms with Crippen LogP contribution in [-0.4, -0.2) is 25.8 Å². The van der Waals surface area contributed by atoms with Gasteiger partial charge in [0.1, 0.15) is 5.75 Å². The second-order valence-corrected chi connectivity index (χ2v) is 6.25. The van der Waals surface area contributed by atoms with E-state index in [0.29, 0.717) is 18.8 Å². The third kappa shape index (κ3) is 3.58. The molecule has 1 fully saturated rings. The lowest BCUT2D eigenvalue weighted by molar-refractivity contribution is -0.135. The fraction of sp³-hybridized carbons (Fsp3) is 0.667. The van der Waals surface area contributed by atoms with Gasteiger partial charge in [-0.25, -0.2) is 0 Å². The summed E-state index contributed by atoms with van der Waals surface area (Å²) in [5.41, 5.74) is 1.44. The largest absolute Gasteiger partial charge is 0.497 e. The minimum atomic E-state index is 0.258. The molecule has 2 rings (SSSR count). The summed E-state index contributed by atoms with van der Waals surface area (Å²) in [5.74, 6) is 0.894. The van der Waals surface area contributed by atoms with E-state index in [9.17, 15) is 0 Å². The lowest BCUT2D eigenvalue weighted by Gasteiger charge is -2.54. The fourth-order valence-electron chi connectivity index (χ4n) is 3.14. The zero-order chi connectivity index (χ0) is 15.3. The molecule has 1 aliphatic carbocycles. The van der Waals surface area contributed by atoms with E-state index in [0.717, 1.165) is 25.1 Å². The normalized spacial score (nSPS) is 28.2. The molecule has 1 saturated carbocycles. The molecule has 0 amide bonds. The Labute approximate surface area is 129 Å². The first-order valence-corrected chi connectivity index (χ1v) is 8.12. The highest BCUT2D eigenvalue weighted by molar-refractivity contribution is 5.28. The van der Waals surface area contributed by atoms with Gasteiger partial charge in [-0.2, -0.15) is 0 Å². The monoisotopic (exact) mass is 291 g/mol. The van der Waals surface area contributed by atoms with Crippen LogP contribution in [0.25, 0.3) is 0 Å². The average molecular weight is 291 g/mol. The topological polar surface area (TPSA) is 30.5 Å². The van der Waals surface area contributed by atoms with Crippen LogP contribution >= 0.6 is 0 Å². The molecule has 3 heteroatoms. The summed E-state index contributed by atoms with van der Waals surface area (Å²) in [6, 6.07) is 8.72. The van der Waals surface area contributed by atoms with E-state index < -0.39 is 0 Å². The van der Waals surface area contributed by atoms with Crippen LogP contribution in [0.4, 0.5) is 0 Å². The summed E-state index contributed by atoms with van der Waals surface area (Å²) in [4.78, 5) is 0. The van der Waals surface area contributed by atoms with Crippen molar-refractivity contribution in [3.63, 3.8) is 0 Å². The Morgan fingerprint density at radius 3 is 2.81 bits per heavy atom. The van der Waals surface area contributed by atoms with E-state index in [2.05, 4.69) is 38.2 Å². The number of rotatable bonds is 8. The van der Waals surface area contributed by atoms with Crippen LogP contribution in [0, 0.1) is 5.41 Å². The van der Waals surface area contributed by atoms with Crippen LogP contribution in [0.2, 0.25) is 0 Å².